The zero-order chi connectivity index (χ0) is 13.9. The molecule has 0 heterocycles. The average Bonchev–Trinajstić information content (AvgIpc) is 2.26. The van der Waals surface area contributed by atoms with Crippen molar-refractivity contribution in [2.45, 2.75) is 32.1 Å². The number of benzene rings is 1. The monoisotopic (exact) mass is 288 g/mol. The van der Waals surface area contributed by atoms with Crippen molar-refractivity contribution in [3.8, 4) is 5.75 Å². The second-order valence-electron chi connectivity index (χ2n) is 4.13. The molecule has 0 saturated heterocycles. The van der Waals surface area contributed by atoms with Gasteiger partial charge in [0, 0.05) is 10.7 Å². The van der Waals surface area contributed by atoms with E-state index in [9.17, 15) is 8.42 Å². The van der Waals surface area contributed by atoms with E-state index in [1.54, 1.807) is 26.0 Å². The van der Waals surface area contributed by atoms with Crippen molar-refractivity contribution < 1.29 is 13.2 Å². The third-order valence-electron chi connectivity index (χ3n) is 2.81. The Morgan fingerprint density at radius 1 is 1.33 bits per heavy atom. The maximum absolute atomic E-state index is 11.4. The van der Waals surface area contributed by atoms with E-state index in [0.29, 0.717) is 12.2 Å². The lowest BCUT2D eigenvalue weighted by atomic mass is 10.1. The molecule has 0 unspecified atom stereocenters. The number of halogens is 1. The van der Waals surface area contributed by atoms with Crippen LogP contribution in [-0.4, -0.2) is 15.0 Å². The van der Waals surface area contributed by atoms with Gasteiger partial charge < -0.3 is 4.74 Å². The number of hydrogen-bond donors (Lipinski definition) is 0. The Labute approximate surface area is 113 Å². The summed E-state index contributed by atoms with van der Waals surface area (Å²) < 4.78 is 28.5. The first-order valence-corrected chi connectivity index (χ1v) is 7.89. The van der Waals surface area contributed by atoms with Crippen molar-refractivity contribution in [1.82, 2.24) is 0 Å². The van der Waals surface area contributed by atoms with Crippen molar-refractivity contribution in [1.29, 1.82) is 0 Å². The van der Waals surface area contributed by atoms with Crippen molar-refractivity contribution >= 4 is 19.7 Å². The standard InChI is InChI=1S/C13H17ClO3S/c1-5-6-7-17-13-9(2)8-12(18(14,15)16)10(3)11(13)4/h5,8H,1,6-7H2,2-4H3. The molecule has 1 aromatic carbocycles. The van der Waals surface area contributed by atoms with Gasteiger partial charge >= 0.3 is 0 Å². The quantitative estimate of drug-likeness (QED) is 0.473. The normalized spacial score (nSPS) is 11.3. The lowest BCUT2D eigenvalue weighted by molar-refractivity contribution is 0.320. The second-order valence-corrected chi connectivity index (χ2v) is 6.67. The van der Waals surface area contributed by atoms with E-state index >= 15 is 0 Å². The fourth-order valence-corrected chi connectivity index (χ4v) is 3.06. The Kier molecular flexibility index (Phi) is 4.82. The summed E-state index contributed by atoms with van der Waals surface area (Å²) in [5.41, 5.74) is 2.20. The molecule has 0 atom stereocenters. The Hall–Kier alpha value is -1.00. The summed E-state index contributed by atoms with van der Waals surface area (Å²) in [4.78, 5) is 0.148. The molecule has 0 radical (unpaired) electrons. The Morgan fingerprint density at radius 2 is 1.94 bits per heavy atom. The van der Waals surface area contributed by atoms with Gasteiger partial charge in [0.2, 0.25) is 0 Å². The van der Waals surface area contributed by atoms with Crippen LogP contribution in [0.2, 0.25) is 0 Å². The number of ether oxygens (including phenoxy) is 1. The van der Waals surface area contributed by atoms with Crippen LogP contribution < -0.4 is 4.74 Å². The highest BCUT2D eigenvalue weighted by molar-refractivity contribution is 8.13. The van der Waals surface area contributed by atoms with Crippen LogP contribution >= 0.6 is 10.7 Å². The zero-order valence-corrected chi connectivity index (χ0v) is 12.4. The first-order valence-electron chi connectivity index (χ1n) is 5.58. The molecule has 0 saturated carbocycles. The molecular formula is C13H17ClO3S. The van der Waals surface area contributed by atoms with E-state index in [1.165, 1.54) is 0 Å². The van der Waals surface area contributed by atoms with Crippen LogP contribution in [0.4, 0.5) is 0 Å². The third kappa shape index (κ3) is 3.27. The maximum Gasteiger partial charge on any atom is 0.261 e. The molecule has 0 spiro atoms. The summed E-state index contributed by atoms with van der Waals surface area (Å²) in [5, 5.41) is 0. The van der Waals surface area contributed by atoms with E-state index in [2.05, 4.69) is 6.58 Å². The predicted octanol–water partition coefficient (Wildman–Crippen LogP) is 3.49. The van der Waals surface area contributed by atoms with Gasteiger partial charge in [-0.25, -0.2) is 8.42 Å². The van der Waals surface area contributed by atoms with Crippen LogP contribution in [0.5, 0.6) is 5.75 Å². The Morgan fingerprint density at radius 3 is 2.44 bits per heavy atom. The molecular weight excluding hydrogens is 272 g/mol. The molecule has 1 aromatic rings. The van der Waals surface area contributed by atoms with Gasteiger partial charge in [-0.05, 0) is 49.9 Å². The van der Waals surface area contributed by atoms with E-state index in [-0.39, 0.29) is 4.90 Å². The van der Waals surface area contributed by atoms with Gasteiger partial charge in [-0.15, -0.1) is 6.58 Å². The van der Waals surface area contributed by atoms with Crippen molar-refractivity contribution in [2.75, 3.05) is 6.61 Å². The number of rotatable bonds is 5. The van der Waals surface area contributed by atoms with Gasteiger partial charge in [-0.2, -0.15) is 0 Å². The molecule has 18 heavy (non-hydrogen) atoms. The third-order valence-corrected chi connectivity index (χ3v) is 4.26. The lowest BCUT2D eigenvalue weighted by Gasteiger charge is -2.15. The van der Waals surface area contributed by atoms with Crippen LogP contribution in [0.3, 0.4) is 0 Å². The van der Waals surface area contributed by atoms with Gasteiger partial charge in [0.15, 0.2) is 0 Å². The first-order chi connectivity index (χ1) is 8.29. The van der Waals surface area contributed by atoms with E-state index in [1.807, 2.05) is 6.92 Å². The molecule has 0 N–H and O–H groups in total. The Balaban J connectivity index is 3.25. The predicted molar refractivity (Wildman–Crippen MR) is 74.0 cm³/mol. The number of hydrogen-bond acceptors (Lipinski definition) is 3. The molecule has 0 amide bonds. The highest BCUT2D eigenvalue weighted by Gasteiger charge is 2.19. The van der Waals surface area contributed by atoms with Gasteiger partial charge in [0.1, 0.15) is 5.75 Å². The molecule has 0 aliphatic carbocycles. The topological polar surface area (TPSA) is 43.4 Å². The van der Waals surface area contributed by atoms with Crippen LogP contribution in [0, 0.1) is 20.8 Å². The Bertz CT molecular complexity index is 562. The molecule has 0 aromatic heterocycles. The summed E-state index contributed by atoms with van der Waals surface area (Å²) in [5.74, 6) is 0.721. The van der Waals surface area contributed by atoms with Crippen LogP contribution in [0.15, 0.2) is 23.6 Å². The fourth-order valence-electron chi connectivity index (χ4n) is 1.74. The molecule has 0 bridgehead atoms. The van der Waals surface area contributed by atoms with E-state index < -0.39 is 9.05 Å². The molecule has 5 heteroatoms. The first kappa shape index (κ1) is 15.1. The number of aryl methyl sites for hydroxylation is 1. The van der Waals surface area contributed by atoms with Crippen molar-refractivity contribution in [2.24, 2.45) is 0 Å². The molecule has 3 nitrogen and oxygen atoms in total. The van der Waals surface area contributed by atoms with Gasteiger partial charge in [-0.3, -0.25) is 0 Å². The van der Waals surface area contributed by atoms with Crippen LogP contribution in [0.25, 0.3) is 0 Å². The summed E-state index contributed by atoms with van der Waals surface area (Å²) in [6.07, 6.45) is 2.52. The summed E-state index contributed by atoms with van der Waals surface area (Å²) in [6.45, 7) is 9.51. The SMILES string of the molecule is C=CCCOc1c(C)cc(S(=O)(=O)Cl)c(C)c1C. The maximum atomic E-state index is 11.4. The molecule has 1 rings (SSSR count). The van der Waals surface area contributed by atoms with Gasteiger partial charge in [-0.1, -0.05) is 6.08 Å². The summed E-state index contributed by atoms with van der Waals surface area (Å²) in [7, 11) is 1.69. The molecule has 0 aliphatic rings. The van der Waals surface area contributed by atoms with Crippen LogP contribution in [0.1, 0.15) is 23.1 Å². The van der Waals surface area contributed by atoms with Crippen molar-refractivity contribution in [3.63, 3.8) is 0 Å². The van der Waals surface area contributed by atoms with Crippen molar-refractivity contribution in [3.05, 3.63) is 35.4 Å². The van der Waals surface area contributed by atoms with Gasteiger partial charge in [0.25, 0.3) is 9.05 Å². The highest BCUT2D eigenvalue weighted by atomic mass is 35.7. The largest absolute Gasteiger partial charge is 0.493 e. The van der Waals surface area contributed by atoms with E-state index in [4.69, 9.17) is 15.4 Å². The minimum atomic E-state index is -3.72. The molecule has 0 aliphatic heterocycles. The zero-order valence-electron chi connectivity index (χ0n) is 10.8. The van der Waals surface area contributed by atoms with Crippen LogP contribution in [-0.2, 0) is 9.05 Å². The minimum absolute atomic E-state index is 0.148. The smallest absolute Gasteiger partial charge is 0.261 e. The van der Waals surface area contributed by atoms with Gasteiger partial charge in [0.05, 0.1) is 11.5 Å². The minimum Gasteiger partial charge on any atom is -0.493 e. The highest BCUT2D eigenvalue weighted by Crippen LogP contribution is 2.32. The fraction of sp³-hybridized carbons (Fsp3) is 0.385. The second kappa shape index (κ2) is 5.76. The molecule has 0 fully saturated rings. The summed E-state index contributed by atoms with van der Waals surface area (Å²) >= 11 is 0. The average molecular weight is 289 g/mol. The summed E-state index contributed by atoms with van der Waals surface area (Å²) in [6, 6.07) is 1.55. The van der Waals surface area contributed by atoms with E-state index in [0.717, 1.165) is 23.3 Å². The molecule has 100 valence electrons. The lowest BCUT2D eigenvalue weighted by Crippen LogP contribution is -2.04.